The van der Waals surface area contributed by atoms with E-state index in [9.17, 15) is 5.26 Å². The summed E-state index contributed by atoms with van der Waals surface area (Å²) >= 11 is 0. The largest absolute Gasteiger partial charge is 0.383 e. The Balaban J connectivity index is 1.94. The van der Waals surface area contributed by atoms with Crippen LogP contribution in [-0.2, 0) is 0 Å². The topological polar surface area (TPSA) is 104 Å². The minimum absolute atomic E-state index is 0.175. The Labute approximate surface area is 137 Å². The van der Waals surface area contributed by atoms with E-state index in [1.54, 1.807) is 12.4 Å². The number of para-hydroxylation sites is 2. The molecule has 0 aliphatic carbocycles. The summed E-state index contributed by atoms with van der Waals surface area (Å²) in [5.41, 5.74) is 10.2. The Morgan fingerprint density at radius 1 is 1.08 bits per heavy atom. The molecule has 0 spiro atoms. The van der Waals surface area contributed by atoms with Gasteiger partial charge in [-0.2, -0.15) is 5.26 Å². The number of hydrogen-bond donors (Lipinski definition) is 2. The van der Waals surface area contributed by atoms with Gasteiger partial charge in [-0.25, -0.2) is 9.97 Å². The molecule has 4 rings (SSSR count). The fourth-order valence-corrected chi connectivity index (χ4v) is 2.63. The quantitative estimate of drug-likeness (QED) is 0.591. The Hall–Kier alpha value is -3.72. The van der Waals surface area contributed by atoms with Crippen LogP contribution >= 0.6 is 0 Å². The summed E-state index contributed by atoms with van der Waals surface area (Å²) in [7, 11) is 0. The first-order valence-electron chi connectivity index (χ1n) is 7.32. The van der Waals surface area contributed by atoms with Crippen LogP contribution in [0.4, 0.5) is 5.82 Å². The molecule has 0 saturated carbocycles. The number of aromatic amines is 1. The Kier molecular flexibility index (Phi) is 3.18. The molecule has 1 aromatic carbocycles. The fraction of sp³-hybridized carbons (Fsp3) is 0. The van der Waals surface area contributed by atoms with Crippen molar-refractivity contribution < 1.29 is 0 Å². The molecule has 0 saturated heterocycles. The van der Waals surface area contributed by atoms with Crippen LogP contribution in [0.1, 0.15) is 5.56 Å². The molecule has 0 amide bonds. The normalized spacial score (nSPS) is 10.6. The molecule has 6 nitrogen and oxygen atoms in total. The van der Waals surface area contributed by atoms with Crippen molar-refractivity contribution in [2.24, 2.45) is 0 Å². The zero-order valence-corrected chi connectivity index (χ0v) is 12.6. The van der Waals surface area contributed by atoms with Gasteiger partial charge in [0.05, 0.1) is 11.0 Å². The van der Waals surface area contributed by atoms with Crippen molar-refractivity contribution in [3.05, 3.63) is 60.4 Å². The van der Waals surface area contributed by atoms with Crippen LogP contribution in [0.3, 0.4) is 0 Å². The Bertz CT molecular complexity index is 1040. The lowest BCUT2D eigenvalue weighted by molar-refractivity contribution is 1.23. The summed E-state index contributed by atoms with van der Waals surface area (Å²) in [6.45, 7) is 0. The summed E-state index contributed by atoms with van der Waals surface area (Å²) in [6.07, 6.45) is 3.37. The third-order valence-electron chi connectivity index (χ3n) is 3.76. The highest BCUT2D eigenvalue weighted by atomic mass is 15.0. The number of pyridine rings is 2. The molecule has 0 unspecified atom stereocenters. The van der Waals surface area contributed by atoms with E-state index in [0.29, 0.717) is 22.6 Å². The second-order valence-corrected chi connectivity index (χ2v) is 5.27. The van der Waals surface area contributed by atoms with E-state index in [-0.39, 0.29) is 5.82 Å². The average molecular weight is 312 g/mol. The number of nitrogens with two attached hydrogens (primary N) is 1. The molecule has 0 radical (unpaired) electrons. The highest BCUT2D eigenvalue weighted by Gasteiger charge is 2.15. The predicted molar refractivity (Wildman–Crippen MR) is 91.7 cm³/mol. The maximum absolute atomic E-state index is 9.42. The van der Waals surface area contributed by atoms with Crippen LogP contribution < -0.4 is 5.73 Å². The molecular formula is C18H12N6. The van der Waals surface area contributed by atoms with Gasteiger partial charge in [0.1, 0.15) is 23.1 Å². The van der Waals surface area contributed by atoms with Crippen molar-refractivity contribution in [3.63, 3.8) is 0 Å². The van der Waals surface area contributed by atoms with E-state index in [4.69, 9.17) is 5.73 Å². The van der Waals surface area contributed by atoms with Crippen LogP contribution in [0, 0.1) is 11.3 Å². The molecule has 6 heteroatoms. The van der Waals surface area contributed by atoms with E-state index < -0.39 is 0 Å². The van der Waals surface area contributed by atoms with Gasteiger partial charge < -0.3 is 10.7 Å². The number of aromatic nitrogens is 4. The van der Waals surface area contributed by atoms with Gasteiger partial charge in [-0.3, -0.25) is 4.98 Å². The SMILES string of the molecule is N#Cc1c(-c2cccnc2)cc(-c2nc3ccccc3[nH]2)nc1N. The number of H-pyrrole nitrogens is 1. The summed E-state index contributed by atoms with van der Waals surface area (Å²) in [6, 6.07) is 15.4. The molecule has 0 aliphatic heterocycles. The van der Waals surface area contributed by atoms with Gasteiger partial charge in [-0.05, 0) is 24.3 Å². The second kappa shape index (κ2) is 5.48. The first kappa shape index (κ1) is 13.9. The minimum atomic E-state index is 0.175. The minimum Gasteiger partial charge on any atom is -0.383 e. The molecule has 24 heavy (non-hydrogen) atoms. The van der Waals surface area contributed by atoms with Crippen LogP contribution in [0.25, 0.3) is 33.7 Å². The summed E-state index contributed by atoms with van der Waals surface area (Å²) in [5.74, 6) is 0.784. The van der Waals surface area contributed by atoms with Gasteiger partial charge in [0.2, 0.25) is 0 Å². The van der Waals surface area contributed by atoms with E-state index >= 15 is 0 Å². The lowest BCUT2D eigenvalue weighted by Crippen LogP contribution is -2.00. The third kappa shape index (κ3) is 2.25. The van der Waals surface area contributed by atoms with Crippen LogP contribution in [0.2, 0.25) is 0 Å². The zero-order valence-electron chi connectivity index (χ0n) is 12.6. The number of imidazole rings is 1. The number of rotatable bonds is 2. The van der Waals surface area contributed by atoms with Crippen molar-refractivity contribution >= 4 is 16.9 Å². The lowest BCUT2D eigenvalue weighted by Gasteiger charge is -2.08. The Morgan fingerprint density at radius 2 is 1.96 bits per heavy atom. The molecule has 0 bridgehead atoms. The van der Waals surface area contributed by atoms with E-state index in [2.05, 4.69) is 26.0 Å². The maximum Gasteiger partial charge on any atom is 0.157 e. The number of anilines is 1. The van der Waals surface area contributed by atoms with Gasteiger partial charge in [0.15, 0.2) is 5.82 Å². The summed E-state index contributed by atoms with van der Waals surface area (Å²) in [5, 5.41) is 9.42. The van der Waals surface area contributed by atoms with Gasteiger partial charge >= 0.3 is 0 Å². The van der Waals surface area contributed by atoms with Crippen LogP contribution in [-0.4, -0.2) is 19.9 Å². The van der Waals surface area contributed by atoms with Crippen molar-refractivity contribution in [2.45, 2.75) is 0 Å². The fourth-order valence-electron chi connectivity index (χ4n) is 2.63. The van der Waals surface area contributed by atoms with E-state index in [1.807, 2.05) is 42.5 Å². The molecule has 0 atom stereocenters. The van der Waals surface area contributed by atoms with E-state index in [0.717, 1.165) is 16.6 Å². The summed E-state index contributed by atoms with van der Waals surface area (Å²) in [4.78, 5) is 16.2. The molecule has 0 aliphatic rings. The lowest BCUT2D eigenvalue weighted by atomic mass is 10.0. The number of nitrogens with zero attached hydrogens (tertiary/aromatic N) is 4. The maximum atomic E-state index is 9.42. The smallest absolute Gasteiger partial charge is 0.157 e. The van der Waals surface area contributed by atoms with E-state index in [1.165, 1.54) is 0 Å². The van der Waals surface area contributed by atoms with Gasteiger partial charge in [0.25, 0.3) is 0 Å². The summed E-state index contributed by atoms with van der Waals surface area (Å²) < 4.78 is 0. The van der Waals surface area contributed by atoms with Gasteiger partial charge in [-0.1, -0.05) is 18.2 Å². The average Bonchev–Trinajstić information content (AvgIpc) is 3.06. The van der Waals surface area contributed by atoms with Gasteiger partial charge in [-0.15, -0.1) is 0 Å². The molecular weight excluding hydrogens is 300 g/mol. The first-order chi connectivity index (χ1) is 11.8. The van der Waals surface area contributed by atoms with Gasteiger partial charge in [0, 0.05) is 23.5 Å². The van der Waals surface area contributed by atoms with Crippen molar-refractivity contribution in [1.29, 1.82) is 5.26 Å². The molecule has 4 aromatic rings. The third-order valence-corrected chi connectivity index (χ3v) is 3.76. The number of hydrogen-bond acceptors (Lipinski definition) is 5. The highest BCUT2D eigenvalue weighted by molar-refractivity contribution is 5.82. The number of nitriles is 1. The number of fused-ring (bicyclic) bond motifs is 1. The van der Waals surface area contributed by atoms with Crippen molar-refractivity contribution in [3.8, 4) is 28.7 Å². The molecule has 3 N–H and O–H groups in total. The molecule has 0 fully saturated rings. The standard InChI is InChI=1S/C18H12N6/c19-9-13-12(11-4-3-7-21-10-11)8-16(22-17(13)20)18-23-14-5-1-2-6-15(14)24-18/h1-8,10H,(H2,20,22)(H,23,24). The molecule has 114 valence electrons. The number of nitrogens with one attached hydrogen (secondary N) is 1. The van der Waals surface area contributed by atoms with Crippen molar-refractivity contribution in [1.82, 2.24) is 19.9 Å². The highest BCUT2D eigenvalue weighted by Crippen LogP contribution is 2.30. The molecule has 3 aromatic heterocycles. The van der Waals surface area contributed by atoms with Crippen LogP contribution in [0.5, 0.6) is 0 Å². The monoisotopic (exact) mass is 312 g/mol. The number of benzene rings is 1. The van der Waals surface area contributed by atoms with Crippen LogP contribution in [0.15, 0.2) is 54.9 Å². The second-order valence-electron chi connectivity index (χ2n) is 5.27. The Morgan fingerprint density at radius 3 is 2.71 bits per heavy atom. The zero-order chi connectivity index (χ0) is 16.5. The first-order valence-corrected chi connectivity index (χ1v) is 7.32. The number of nitrogen functional groups attached to an aromatic ring is 1. The van der Waals surface area contributed by atoms with Crippen molar-refractivity contribution in [2.75, 3.05) is 5.73 Å². The predicted octanol–water partition coefficient (Wildman–Crippen LogP) is 3.14. The molecule has 3 heterocycles.